The summed E-state index contributed by atoms with van der Waals surface area (Å²) in [7, 11) is 1.60. The van der Waals surface area contributed by atoms with Crippen molar-refractivity contribution in [3.8, 4) is 11.3 Å². The van der Waals surface area contributed by atoms with Gasteiger partial charge in [-0.2, -0.15) is 13.2 Å². The number of benzene rings is 1. The van der Waals surface area contributed by atoms with Crippen molar-refractivity contribution in [2.24, 2.45) is 12.5 Å². The number of amides is 3. The molecular weight excluding hydrogens is 916 g/mol. The largest absolute Gasteiger partial charge is 0.399 e. The molecule has 1 aromatic carbocycles. The molecule has 0 spiro atoms. The first-order valence-electron chi connectivity index (χ1n) is 24.1. The van der Waals surface area contributed by atoms with Gasteiger partial charge in [-0.15, -0.1) is 0 Å². The number of imide groups is 1. The second-order valence-electron chi connectivity index (χ2n) is 20.5. The number of piperidine rings is 1. The molecule has 16 nitrogen and oxygen atoms in total. The standard InChI is InChI=1S/C52H60F3N11O5/c1-32-28-63(36-15-18-62(19-16-36)44-9-7-8-43(60-44)51(4,5)52(53,54)55)20-21-64(32)40-12-11-35(24-33(40)10-13-45(69)57-31-68)58-46-49(71)61(6)29-39(59-46)37-14-17-56-47(38(37)30-67)66-23-22-65-41(48(66)70)25-34-26-50(2,3)27-42(34)65/h7-14,17,24-25,29,31-32,36,67H,15-16,18-23,26-28,30H2,1-6H3,(H,58,59)(H,57,68,69)/t32-/m0/s1. The predicted molar refractivity (Wildman–Crippen MR) is 266 cm³/mol. The van der Waals surface area contributed by atoms with Crippen LogP contribution in [0.1, 0.15) is 86.0 Å². The summed E-state index contributed by atoms with van der Waals surface area (Å²) in [5.74, 6) is 0.0799. The van der Waals surface area contributed by atoms with Crippen LogP contribution < -0.4 is 30.9 Å². The summed E-state index contributed by atoms with van der Waals surface area (Å²) in [6, 6.07) is 14.4. The number of aryl methyl sites for hydroxylation is 1. The number of carbonyl (C=O) groups excluding carboxylic acids is 3. The number of pyridine rings is 2. The number of rotatable bonds is 12. The number of aliphatic hydroxyl groups excluding tert-OH is 1. The molecule has 2 saturated heterocycles. The molecule has 0 unspecified atom stereocenters. The first kappa shape index (κ1) is 49.1. The summed E-state index contributed by atoms with van der Waals surface area (Å²) in [5, 5.41) is 16.2. The third kappa shape index (κ3) is 9.56. The highest BCUT2D eigenvalue weighted by Crippen LogP contribution is 2.42. The number of nitrogens with one attached hydrogen (secondary N) is 2. The molecule has 2 fully saturated rings. The average Bonchev–Trinajstić information content (AvgIpc) is 3.84. The van der Waals surface area contributed by atoms with E-state index in [1.807, 2.05) is 18.2 Å². The molecule has 4 aliphatic rings. The number of fused-ring (bicyclic) bond motifs is 3. The Bertz CT molecular complexity index is 2970. The van der Waals surface area contributed by atoms with Gasteiger partial charge < -0.3 is 29.4 Å². The van der Waals surface area contributed by atoms with Crippen LogP contribution in [0.15, 0.2) is 71.8 Å². The number of nitrogens with zero attached hydrogens (tertiary/aromatic N) is 9. The molecule has 9 rings (SSSR count). The predicted octanol–water partition coefficient (Wildman–Crippen LogP) is 6.37. The average molecular weight is 976 g/mol. The second kappa shape index (κ2) is 19.0. The van der Waals surface area contributed by atoms with Crippen LogP contribution >= 0.6 is 0 Å². The number of carbonyl (C=O) groups is 3. The molecule has 71 heavy (non-hydrogen) atoms. The molecule has 19 heteroatoms. The molecule has 4 aromatic heterocycles. The Morgan fingerprint density at radius 2 is 1.75 bits per heavy atom. The minimum atomic E-state index is -4.43. The highest BCUT2D eigenvalue weighted by molar-refractivity contribution is 6.06. The van der Waals surface area contributed by atoms with E-state index in [-0.39, 0.29) is 34.9 Å². The van der Waals surface area contributed by atoms with Crippen molar-refractivity contribution >= 4 is 53.1 Å². The summed E-state index contributed by atoms with van der Waals surface area (Å²) >= 11 is 0. The number of alkyl halides is 3. The Kier molecular flexibility index (Phi) is 13.2. The minimum Gasteiger partial charge on any atom is -0.392 e. The monoisotopic (exact) mass is 975 g/mol. The van der Waals surface area contributed by atoms with Gasteiger partial charge in [-0.05, 0) is 106 Å². The van der Waals surface area contributed by atoms with E-state index in [0.29, 0.717) is 84.5 Å². The maximum atomic E-state index is 14.1. The summed E-state index contributed by atoms with van der Waals surface area (Å²) in [4.78, 5) is 73.6. The van der Waals surface area contributed by atoms with Crippen molar-refractivity contribution in [1.29, 1.82) is 0 Å². The Hall–Kier alpha value is -6.86. The Labute approximate surface area is 410 Å². The fraction of sp³-hybridized carbons (Fsp3) is 0.442. The summed E-state index contributed by atoms with van der Waals surface area (Å²) in [6.45, 7) is 12.9. The Morgan fingerprint density at radius 3 is 2.46 bits per heavy atom. The van der Waals surface area contributed by atoms with E-state index in [0.717, 1.165) is 58.3 Å². The molecule has 5 aromatic rings. The van der Waals surface area contributed by atoms with Crippen LogP contribution in [-0.2, 0) is 48.0 Å². The van der Waals surface area contributed by atoms with Gasteiger partial charge in [0.15, 0.2) is 5.82 Å². The molecule has 3 amide bonds. The quantitative estimate of drug-likeness (QED) is 0.0934. The number of anilines is 5. The van der Waals surface area contributed by atoms with Crippen LogP contribution in [0.3, 0.4) is 0 Å². The lowest BCUT2D eigenvalue weighted by atomic mass is 9.88. The topological polar surface area (TPSA) is 174 Å². The molecular formula is C52H60F3N11O5. The van der Waals surface area contributed by atoms with E-state index in [9.17, 15) is 37.5 Å². The highest BCUT2D eigenvalue weighted by Gasteiger charge is 2.50. The zero-order valence-electron chi connectivity index (χ0n) is 40.9. The third-order valence-corrected chi connectivity index (χ3v) is 14.7. The molecule has 1 atom stereocenters. The van der Waals surface area contributed by atoms with Crippen LogP contribution in [0.5, 0.6) is 0 Å². The van der Waals surface area contributed by atoms with Crippen LogP contribution in [0, 0.1) is 5.41 Å². The Morgan fingerprint density at radius 1 is 0.972 bits per heavy atom. The van der Waals surface area contributed by atoms with Crippen molar-refractivity contribution < 1.29 is 32.7 Å². The fourth-order valence-corrected chi connectivity index (χ4v) is 10.7. The first-order chi connectivity index (χ1) is 33.8. The van der Waals surface area contributed by atoms with Crippen molar-refractivity contribution in [2.75, 3.05) is 59.3 Å². The maximum absolute atomic E-state index is 14.1. The van der Waals surface area contributed by atoms with Crippen LogP contribution in [0.25, 0.3) is 17.3 Å². The number of halogens is 3. The molecule has 1 aliphatic carbocycles. The van der Waals surface area contributed by atoms with Crippen molar-refractivity contribution in [3.05, 3.63) is 111 Å². The number of hydrogen-bond donors (Lipinski definition) is 3. The van der Waals surface area contributed by atoms with E-state index in [1.165, 1.54) is 28.0 Å². The van der Waals surface area contributed by atoms with E-state index >= 15 is 0 Å². The lowest BCUT2D eigenvalue weighted by Crippen LogP contribution is -2.57. The third-order valence-electron chi connectivity index (χ3n) is 14.7. The number of hydrogen-bond acceptors (Lipinski definition) is 12. The van der Waals surface area contributed by atoms with E-state index in [2.05, 4.69) is 60.6 Å². The molecule has 3 aliphatic heterocycles. The fourth-order valence-electron chi connectivity index (χ4n) is 10.7. The SMILES string of the molecule is C[C@H]1CN(C2CCN(c3cccc(C(C)(C)C(F)(F)F)n3)CC2)CCN1c1ccc(Nc2nc(-c3ccnc(N4CCn5c(cc6c5CC(C)(C)C6)C4=O)c3CO)cn(C)c2=O)cc1C=CC(=O)NC=O. The van der Waals surface area contributed by atoms with Gasteiger partial charge in [0.25, 0.3) is 11.5 Å². The summed E-state index contributed by atoms with van der Waals surface area (Å²) < 4.78 is 45.0. The lowest BCUT2D eigenvalue weighted by Gasteiger charge is -2.47. The second-order valence-corrected chi connectivity index (χ2v) is 20.5. The van der Waals surface area contributed by atoms with E-state index in [1.54, 1.807) is 54.7 Å². The van der Waals surface area contributed by atoms with Gasteiger partial charge in [0.2, 0.25) is 12.3 Å². The smallest absolute Gasteiger partial charge is 0.392 e. The lowest BCUT2D eigenvalue weighted by molar-refractivity contribution is -0.181. The number of aromatic nitrogens is 5. The maximum Gasteiger partial charge on any atom is 0.399 e. The van der Waals surface area contributed by atoms with E-state index < -0.39 is 29.7 Å². The van der Waals surface area contributed by atoms with E-state index in [4.69, 9.17) is 4.98 Å². The zero-order valence-corrected chi connectivity index (χ0v) is 40.9. The number of aliphatic hydroxyl groups is 1. The van der Waals surface area contributed by atoms with Crippen molar-refractivity contribution in [2.45, 2.75) is 97.1 Å². The van der Waals surface area contributed by atoms with Gasteiger partial charge in [0.05, 0.1) is 18.0 Å². The molecule has 374 valence electrons. The highest BCUT2D eigenvalue weighted by atomic mass is 19.4. The first-order valence-corrected chi connectivity index (χ1v) is 24.1. The molecule has 0 bridgehead atoms. The van der Waals surface area contributed by atoms with Gasteiger partial charge in [-0.25, -0.2) is 15.0 Å². The molecule has 7 heterocycles. The van der Waals surface area contributed by atoms with Crippen LogP contribution in [0.2, 0.25) is 0 Å². The van der Waals surface area contributed by atoms with Crippen LogP contribution in [-0.4, -0.2) is 110 Å². The minimum absolute atomic E-state index is 0.000363. The Balaban J connectivity index is 0.922. The molecule has 3 N–H and O–H groups in total. The van der Waals surface area contributed by atoms with Gasteiger partial charge in [0, 0.05) is 117 Å². The van der Waals surface area contributed by atoms with Crippen molar-refractivity contribution in [3.63, 3.8) is 0 Å². The molecule has 0 saturated carbocycles. The summed E-state index contributed by atoms with van der Waals surface area (Å²) in [5.41, 5.74) is 3.90. The van der Waals surface area contributed by atoms with Gasteiger partial charge in [0.1, 0.15) is 22.7 Å². The summed E-state index contributed by atoms with van der Waals surface area (Å²) in [6.07, 6.45) is 5.38. The van der Waals surface area contributed by atoms with Crippen molar-refractivity contribution in [1.82, 2.24) is 34.3 Å². The van der Waals surface area contributed by atoms with Crippen LogP contribution in [0.4, 0.5) is 42.0 Å². The van der Waals surface area contributed by atoms with Gasteiger partial charge in [-0.1, -0.05) is 19.9 Å². The molecule has 0 radical (unpaired) electrons. The van der Waals surface area contributed by atoms with Gasteiger partial charge in [-0.3, -0.25) is 34.3 Å². The normalized spacial score (nSPS) is 18.8. The van der Waals surface area contributed by atoms with Gasteiger partial charge >= 0.3 is 6.18 Å². The zero-order chi connectivity index (χ0) is 50.6. The number of piperazine rings is 1.